The Morgan fingerprint density at radius 3 is 3.04 bits per heavy atom. The van der Waals surface area contributed by atoms with Crippen LogP contribution in [-0.2, 0) is 9.53 Å². The molecule has 1 unspecified atom stereocenters. The standard InChI is InChI=1S/C16H20N4O3/c1-3-23-16(22)12-5-4-8-19(10-12)15(21)13-6-7-17-14-9-11(2)18-20(13)14/h6-7,9,12H,3-5,8,10H2,1-2H3. The molecule has 2 aromatic rings. The van der Waals surface area contributed by atoms with E-state index in [1.54, 1.807) is 28.6 Å². The Labute approximate surface area is 134 Å². The molecule has 1 aliphatic heterocycles. The predicted octanol–water partition coefficient (Wildman–Crippen LogP) is 1.45. The van der Waals surface area contributed by atoms with Crippen LogP contribution in [-0.4, -0.2) is 51.1 Å². The van der Waals surface area contributed by atoms with E-state index < -0.39 is 0 Å². The Morgan fingerprint density at radius 1 is 1.43 bits per heavy atom. The number of aryl methyl sites for hydroxylation is 1. The van der Waals surface area contributed by atoms with Crippen molar-refractivity contribution in [3.05, 3.63) is 29.7 Å². The Kier molecular flexibility index (Phi) is 4.27. The summed E-state index contributed by atoms with van der Waals surface area (Å²) in [5.41, 5.74) is 1.92. The third kappa shape index (κ3) is 3.04. The minimum atomic E-state index is -0.246. The van der Waals surface area contributed by atoms with E-state index in [0.717, 1.165) is 18.5 Å². The lowest BCUT2D eigenvalue weighted by Gasteiger charge is -2.31. The number of fused-ring (bicyclic) bond motifs is 1. The fraction of sp³-hybridized carbons (Fsp3) is 0.500. The normalized spacial score (nSPS) is 18.2. The highest BCUT2D eigenvalue weighted by Crippen LogP contribution is 2.20. The molecule has 3 rings (SSSR count). The monoisotopic (exact) mass is 316 g/mol. The number of piperidine rings is 1. The molecule has 1 fully saturated rings. The molecular formula is C16H20N4O3. The van der Waals surface area contributed by atoms with Gasteiger partial charge in [-0.1, -0.05) is 0 Å². The number of carbonyl (C=O) groups is 2. The molecule has 1 saturated heterocycles. The predicted molar refractivity (Wildman–Crippen MR) is 83.0 cm³/mol. The van der Waals surface area contributed by atoms with Crippen LogP contribution < -0.4 is 0 Å². The zero-order valence-electron chi connectivity index (χ0n) is 13.4. The lowest BCUT2D eigenvalue weighted by molar-refractivity contribution is -0.149. The lowest BCUT2D eigenvalue weighted by atomic mass is 9.98. The summed E-state index contributed by atoms with van der Waals surface area (Å²) in [4.78, 5) is 30.7. The van der Waals surface area contributed by atoms with Crippen molar-refractivity contribution >= 4 is 17.5 Å². The highest BCUT2D eigenvalue weighted by molar-refractivity contribution is 5.93. The van der Waals surface area contributed by atoms with Gasteiger partial charge in [-0.15, -0.1) is 0 Å². The van der Waals surface area contributed by atoms with Crippen LogP contribution in [0.5, 0.6) is 0 Å². The quantitative estimate of drug-likeness (QED) is 0.801. The SMILES string of the molecule is CCOC(=O)C1CCCN(C(=O)c2ccnc3cc(C)nn23)C1. The van der Waals surface area contributed by atoms with E-state index >= 15 is 0 Å². The summed E-state index contributed by atoms with van der Waals surface area (Å²) < 4.78 is 6.65. The van der Waals surface area contributed by atoms with Crippen LogP contribution in [0.1, 0.15) is 35.9 Å². The molecule has 122 valence electrons. The molecule has 0 radical (unpaired) electrons. The molecule has 0 aromatic carbocycles. The van der Waals surface area contributed by atoms with Crippen LogP contribution in [0.3, 0.4) is 0 Å². The van der Waals surface area contributed by atoms with E-state index in [1.807, 2.05) is 13.0 Å². The fourth-order valence-electron chi connectivity index (χ4n) is 2.95. The minimum Gasteiger partial charge on any atom is -0.466 e. The number of rotatable bonds is 3. The third-order valence-electron chi connectivity index (χ3n) is 4.03. The minimum absolute atomic E-state index is 0.130. The molecule has 0 aliphatic carbocycles. The Balaban J connectivity index is 1.83. The number of nitrogens with zero attached hydrogens (tertiary/aromatic N) is 4. The molecule has 3 heterocycles. The first-order chi connectivity index (χ1) is 11.1. The number of hydrogen-bond donors (Lipinski definition) is 0. The van der Waals surface area contributed by atoms with Crippen LogP contribution >= 0.6 is 0 Å². The molecule has 7 heteroatoms. The van der Waals surface area contributed by atoms with Crippen molar-refractivity contribution in [2.45, 2.75) is 26.7 Å². The van der Waals surface area contributed by atoms with Gasteiger partial charge in [0.2, 0.25) is 0 Å². The topological polar surface area (TPSA) is 76.8 Å². The van der Waals surface area contributed by atoms with Gasteiger partial charge in [-0.25, -0.2) is 9.50 Å². The lowest BCUT2D eigenvalue weighted by Crippen LogP contribution is -2.43. The number of ether oxygens (including phenoxy) is 1. The summed E-state index contributed by atoms with van der Waals surface area (Å²) in [6.45, 7) is 5.04. The molecule has 1 aliphatic rings. The maximum Gasteiger partial charge on any atom is 0.310 e. The van der Waals surface area contributed by atoms with Crippen molar-refractivity contribution in [3.8, 4) is 0 Å². The second-order valence-electron chi connectivity index (χ2n) is 5.73. The average Bonchev–Trinajstić information content (AvgIpc) is 2.94. The number of aromatic nitrogens is 3. The maximum atomic E-state index is 12.8. The smallest absolute Gasteiger partial charge is 0.310 e. The third-order valence-corrected chi connectivity index (χ3v) is 4.03. The highest BCUT2D eigenvalue weighted by atomic mass is 16.5. The molecule has 7 nitrogen and oxygen atoms in total. The van der Waals surface area contributed by atoms with Crippen molar-refractivity contribution in [1.82, 2.24) is 19.5 Å². The van der Waals surface area contributed by atoms with Crippen molar-refractivity contribution in [2.24, 2.45) is 5.92 Å². The summed E-state index contributed by atoms with van der Waals surface area (Å²) >= 11 is 0. The molecule has 0 saturated carbocycles. The Morgan fingerprint density at radius 2 is 2.26 bits per heavy atom. The first-order valence-corrected chi connectivity index (χ1v) is 7.87. The van der Waals surface area contributed by atoms with E-state index in [2.05, 4.69) is 10.1 Å². The van der Waals surface area contributed by atoms with Crippen molar-refractivity contribution in [1.29, 1.82) is 0 Å². The summed E-state index contributed by atoms with van der Waals surface area (Å²) in [6.07, 6.45) is 3.16. The van der Waals surface area contributed by atoms with Crippen LogP contribution in [0.25, 0.3) is 5.65 Å². The van der Waals surface area contributed by atoms with Gasteiger partial charge in [0.1, 0.15) is 5.69 Å². The van der Waals surface area contributed by atoms with Gasteiger partial charge in [-0.2, -0.15) is 5.10 Å². The largest absolute Gasteiger partial charge is 0.466 e. The average molecular weight is 316 g/mol. The fourth-order valence-corrected chi connectivity index (χ4v) is 2.95. The molecular weight excluding hydrogens is 296 g/mol. The molecule has 1 atom stereocenters. The Bertz CT molecular complexity index is 740. The van der Waals surface area contributed by atoms with Gasteiger partial charge in [0, 0.05) is 25.4 Å². The van der Waals surface area contributed by atoms with Gasteiger partial charge in [-0.3, -0.25) is 9.59 Å². The highest BCUT2D eigenvalue weighted by Gasteiger charge is 2.30. The number of likely N-dealkylation sites (tertiary alicyclic amines) is 1. The van der Waals surface area contributed by atoms with Gasteiger partial charge in [-0.05, 0) is 32.8 Å². The summed E-state index contributed by atoms with van der Waals surface area (Å²) in [5, 5.41) is 4.33. The summed E-state index contributed by atoms with van der Waals surface area (Å²) in [5.74, 6) is -0.598. The van der Waals surface area contributed by atoms with Crippen molar-refractivity contribution in [2.75, 3.05) is 19.7 Å². The number of amides is 1. The molecule has 0 N–H and O–H groups in total. The van der Waals surface area contributed by atoms with Gasteiger partial charge in [0.15, 0.2) is 5.65 Å². The van der Waals surface area contributed by atoms with Gasteiger partial charge < -0.3 is 9.64 Å². The van der Waals surface area contributed by atoms with Crippen LogP contribution in [0.2, 0.25) is 0 Å². The van der Waals surface area contributed by atoms with Gasteiger partial charge in [0.05, 0.1) is 18.2 Å². The van der Waals surface area contributed by atoms with Crippen molar-refractivity contribution < 1.29 is 14.3 Å². The maximum absolute atomic E-state index is 12.8. The molecule has 23 heavy (non-hydrogen) atoms. The molecule has 2 aromatic heterocycles. The van der Waals surface area contributed by atoms with Crippen LogP contribution in [0.15, 0.2) is 18.3 Å². The van der Waals surface area contributed by atoms with Crippen molar-refractivity contribution in [3.63, 3.8) is 0 Å². The van der Waals surface area contributed by atoms with Crippen LogP contribution in [0, 0.1) is 12.8 Å². The zero-order chi connectivity index (χ0) is 16.4. The van der Waals surface area contributed by atoms with Gasteiger partial charge in [0.25, 0.3) is 5.91 Å². The number of esters is 1. The van der Waals surface area contributed by atoms with E-state index in [-0.39, 0.29) is 17.8 Å². The van der Waals surface area contributed by atoms with E-state index in [1.165, 1.54) is 0 Å². The number of carbonyl (C=O) groups excluding carboxylic acids is 2. The first-order valence-electron chi connectivity index (χ1n) is 7.87. The number of hydrogen-bond acceptors (Lipinski definition) is 5. The second-order valence-corrected chi connectivity index (χ2v) is 5.73. The molecule has 1 amide bonds. The summed E-state index contributed by atoms with van der Waals surface area (Å²) in [6, 6.07) is 3.49. The second kappa shape index (κ2) is 6.36. The van der Waals surface area contributed by atoms with E-state index in [4.69, 9.17) is 4.74 Å². The van der Waals surface area contributed by atoms with E-state index in [9.17, 15) is 9.59 Å². The first kappa shape index (κ1) is 15.5. The molecule has 0 spiro atoms. The Hall–Kier alpha value is -2.44. The van der Waals surface area contributed by atoms with Gasteiger partial charge >= 0.3 is 5.97 Å². The van der Waals surface area contributed by atoms with E-state index in [0.29, 0.717) is 31.0 Å². The molecule has 0 bridgehead atoms. The van der Waals surface area contributed by atoms with Crippen LogP contribution in [0.4, 0.5) is 0 Å². The summed E-state index contributed by atoms with van der Waals surface area (Å²) in [7, 11) is 0. The zero-order valence-corrected chi connectivity index (χ0v) is 13.4.